The first-order valence-electron chi connectivity index (χ1n) is 4.85. The van der Waals surface area contributed by atoms with E-state index in [0.29, 0.717) is 0 Å². The molecule has 1 aromatic carbocycles. The van der Waals surface area contributed by atoms with E-state index in [2.05, 4.69) is 20.0 Å². The summed E-state index contributed by atoms with van der Waals surface area (Å²) in [5.74, 6) is 0.139. The minimum absolute atomic E-state index is 0. The number of hydrogen-bond acceptors (Lipinski definition) is 2. The summed E-state index contributed by atoms with van der Waals surface area (Å²) in [6.07, 6.45) is 0. The Morgan fingerprint density at radius 2 is 1.76 bits per heavy atom. The number of rotatable bonds is 2. The van der Waals surface area contributed by atoms with E-state index in [4.69, 9.17) is 0 Å². The molecule has 3 nitrogen and oxygen atoms in total. The van der Waals surface area contributed by atoms with Gasteiger partial charge in [0.15, 0.2) is 5.78 Å². The molecule has 0 unspecified atom stereocenters. The van der Waals surface area contributed by atoms with Crippen LogP contribution in [0.5, 0.6) is 0 Å². The molecule has 0 aliphatic heterocycles. The van der Waals surface area contributed by atoms with Gasteiger partial charge in [0, 0.05) is 4.88 Å². The molecule has 4 N–H and O–H groups in total. The summed E-state index contributed by atoms with van der Waals surface area (Å²) < 4.78 is 0. The molecule has 0 radical (unpaired) electrons. The zero-order chi connectivity index (χ0) is 10.8. The molecule has 90 valence electrons. The minimum atomic E-state index is 0. The zero-order valence-corrected chi connectivity index (χ0v) is 10.6. The van der Waals surface area contributed by atoms with Crippen molar-refractivity contribution in [2.24, 2.45) is 0 Å². The van der Waals surface area contributed by atoms with Gasteiger partial charge in [-0.05, 0) is 24.6 Å². The van der Waals surface area contributed by atoms with E-state index < -0.39 is 0 Å². The highest BCUT2D eigenvalue weighted by molar-refractivity contribution is 7.17. The van der Waals surface area contributed by atoms with Crippen molar-refractivity contribution in [3.8, 4) is 10.4 Å². The largest absolute Gasteiger partial charge is 0.412 e. The normalized spacial score (nSPS) is 9.00. The molecule has 0 fully saturated rings. The Kier molecular flexibility index (Phi) is 5.81. The van der Waals surface area contributed by atoms with Crippen LogP contribution in [-0.2, 0) is 0 Å². The average Bonchev–Trinajstić information content (AvgIpc) is 2.67. The first kappa shape index (κ1) is 15.6. The molecule has 2 aromatic rings. The van der Waals surface area contributed by atoms with Gasteiger partial charge in [0.2, 0.25) is 0 Å². The van der Waals surface area contributed by atoms with Gasteiger partial charge >= 0.3 is 0 Å². The Labute approximate surface area is 105 Å². The van der Waals surface area contributed by atoms with Gasteiger partial charge in [0.1, 0.15) is 7.85 Å². The SMILES string of the molecule is Bc1ccccc1-c1ccc(C(C)=O)s1.O.O. The van der Waals surface area contributed by atoms with E-state index in [0.717, 1.165) is 4.88 Å². The predicted octanol–water partition coefficient (Wildman–Crippen LogP) is 0.227. The van der Waals surface area contributed by atoms with Crippen molar-refractivity contribution in [2.75, 3.05) is 0 Å². The molecule has 0 bridgehead atoms. The number of thiophene rings is 1. The molecule has 1 aromatic heterocycles. The third-order valence-electron chi connectivity index (χ3n) is 2.36. The minimum Gasteiger partial charge on any atom is -0.412 e. The summed E-state index contributed by atoms with van der Waals surface area (Å²) in [6.45, 7) is 1.60. The number of Topliss-reactive ketones (excluding diaryl/α,β-unsaturated/α-hetero) is 1. The van der Waals surface area contributed by atoms with Gasteiger partial charge < -0.3 is 11.0 Å². The van der Waals surface area contributed by atoms with Crippen LogP contribution in [0.4, 0.5) is 0 Å². The Bertz CT molecular complexity index is 508. The Morgan fingerprint density at radius 1 is 1.12 bits per heavy atom. The molecular weight excluding hydrogens is 235 g/mol. The molecule has 5 heteroatoms. The molecule has 0 saturated heterocycles. The van der Waals surface area contributed by atoms with E-state index in [9.17, 15) is 4.79 Å². The maximum absolute atomic E-state index is 11.2. The molecule has 1 heterocycles. The monoisotopic (exact) mass is 250 g/mol. The lowest BCUT2D eigenvalue weighted by atomic mass is 9.90. The predicted molar refractivity (Wildman–Crippen MR) is 75.2 cm³/mol. The van der Waals surface area contributed by atoms with Gasteiger partial charge in [-0.15, -0.1) is 11.3 Å². The topological polar surface area (TPSA) is 80.1 Å². The highest BCUT2D eigenvalue weighted by Crippen LogP contribution is 2.26. The smallest absolute Gasteiger partial charge is 0.169 e. The van der Waals surface area contributed by atoms with Gasteiger partial charge in [0.05, 0.1) is 4.88 Å². The zero-order valence-electron chi connectivity index (χ0n) is 9.78. The molecule has 0 amide bonds. The standard InChI is InChI=1S/C12H11BOS.2H2O/c1-8(14)11-6-7-12(15-11)9-4-2-3-5-10(9)13;;/h2-7H,13H2,1H3;2*1H2. The van der Waals surface area contributed by atoms with Crippen LogP contribution in [0.3, 0.4) is 0 Å². The third kappa shape index (κ3) is 3.26. The summed E-state index contributed by atoms with van der Waals surface area (Å²) in [5, 5.41) is 0. The molecule has 2 rings (SSSR count). The number of carbonyl (C=O) groups is 1. The van der Waals surface area contributed by atoms with Gasteiger partial charge in [-0.1, -0.05) is 29.7 Å². The van der Waals surface area contributed by atoms with Crippen LogP contribution in [0.1, 0.15) is 16.6 Å². The average molecular weight is 250 g/mol. The lowest BCUT2D eigenvalue weighted by Crippen LogP contribution is -2.04. The van der Waals surface area contributed by atoms with Crippen molar-refractivity contribution in [1.82, 2.24) is 0 Å². The van der Waals surface area contributed by atoms with Crippen LogP contribution in [0, 0.1) is 0 Å². The maximum Gasteiger partial charge on any atom is 0.169 e. The molecule has 0 spiro atoms. The second-order valence-electron chi connectivity index (χ2n) is 3.54. The first-order valence-corrected chi connectivity index (χ1v) is 5.67. The molecule has 0 aliphatic rings. The third-order valence-corrected chi connectivity index (χ3v) is 3.58. The second-order valence-corrected chi connectivity index (χ2v) is 4.62. The van der Waals surface area contributed by atoms with Crippen LogP contribution in [0.15, 0.2) is 36.4 Å². The van der Waals surface area contributed by atoms with Crippen LogP contribution in [0.25, 0.3) is 10.4 Å². The quantitative estimate of drug-likeness (QED) is 0.554. The van der Waals surface area contributed by atoms with Gasteiger partial charge in [-0.3, -0.25) is 4.79 Å². The van der Waals surface area contributed by atoms with Crippen LogP contribution in [-0.4, -0.2) is 24.6 Å². The summed E-state index contributed by atoms with van der Waals surface area (Å²) in [7, 11) is 2.09. The Balaban J connectivity index is 0.00000128. The van der Waals surface area contributed by atoms with Gasteiger partial charge in [-0.2, -0.15) is 0 Å². The van der Waals surface area contributed by atoms with Crippen molar-refractivity contribution >= 4 is 30.4 Å². The number of hydrogen-bond donors (Lipinski definition) is 0. The van der Waals surface area contributed by atoms with Crippen molar-refractivity contribution in [1.29, 1.82) is 0 Å². The second kappa shape index (κ2) is 6.34. The van der Waals surface area contributed by atoms with Crippen LogP contribution < -0.4 is 5.46 Å². The number of carbonyl (C=O) groups excluding carboxylic acids is 1. The fraction of sp³-hybridized carbons (Fsp3) is 0.0833. The maximum atomic E-state index is 11.2. The highest BCUT2D eigenvalue weighted by atomic mass is 32.1. The number of ketones is 1. The van der Waals surface area contributed by atoms with E-state index in [1.807, 2.05) is 24.3 Å². The number of benzene rings is 1. The fourth-order valence-electron chi connectivity index (χ4n) is 1.52. The summed E-state index contributed by atoms with van der Waals surface area (Å²) >= 11 is 1.56. The first-order chi connectivity index (χ1) is 7.18. The van der Waals surface area contributed by atoms with Crippen LogP contribution in [0.2, 0.25) is 0 Å². The van der Waals surface area contributed by atoms with E-state index in [-0.39, 0.29) is 16.7 Å². The molecule has 0 aliphatic carbocycles. The van der Waals surface area contributed by atoms with Crippen molar-refractivity contribution in [3.63, 3.8) is 0 Å². The van der Waals surface area contributed by atoms with Gasteiger partial charge in [0.25, 0.3) is 0 Å². The summed E-state index contributed by atoms with van der Waals surface area (Å²) in [6, 6.07) is 12.1. The molecule has 0 atom stereocenters. The molecular formula is C12H15BO3S. The Hall–Kier alpha value is -1.43. The van der Waals surface area contributed by atoms with Crippen molar-refractivity contribution in [2.45, 2.75) is 6.92 Å². The lowest BCUT2D eigenvalue weighted by Gasteiger charge is -2.01. The van der Waals surface area contributed by atoms with Crippen LogP contribution >= 0.6 is 11.3 Å². The van der Waals surface area contributed by atoms with Crippen molar-refractivity contribution in [3.05, 3.63) is 41.3 Å². The van der Waals surface area contributed by atoms with Gasteiger partial charge in [-0.25, -0.2) is 0 Å². The van der Waals surface area contributed by atoms with E-state index >= 15 is 0 Å². The summed E-state index contributed by atoms with van der Waals surface area (Å²) in [4.78, 5) is 13.2. The molecule has 17 heavy (non-hydrogen) atoms. The van der Waals surface area contributed by atoms with E-state index in [1.54, 1.807) is 18.3 Å². The lowest BCUT2D eigenvalue weighted by molar-refractivity contribution is 0.102. The highest BCUT2D eigenvalue weighted by Gasteiger charge is 2.07. The van der Waals surface area contributed by atoms with E-state index in [1.165, 1.54) is 15.9 Å². The summed E-state index contributed by atoms with van der Waals surface area (Å²) in [5.41, 5.74) is 2.46. The molecule has 0 saturated carbocycles. The fourth-order valence-corrected chi connectivity index (χ4v) is 2.51. The Morgan fingerprint density at radius 3 is 2.29 bits per heavy atom. The van der Waals surface area contributed by atoms with Crippen molar-refractivity contribution < 1.29 is 15.7 Å².